The van der Waals surface area contributed by atoms with Crippen LogP contribution in [0.2, 0.25) is 0 Å². The lowest BCUT2D eigenvalue weighted by molar-refractivity contribution is 0.0955. The third-order valence-electron chi connectivity index (χ3n) is 4.68. The molecule has 0 aliphatic heterocycles. The fourth-order valence-corrected chi connectivity index (χ4v) is 3.92. The van der Waals surface area contributed by atoms with E-state index in [2.05, 4.69) is 20.4 Å². The van der Waals surface area contributed by atoms with Gasteiger partial charge in [-0.05, 0) is 38.0 Å². The molecule has 0 spiro atoms. The molecule has 0 aliphatic rings. The Morgan fingerprint density at radius 2 is 1.93 bits per heavy atom. The van der Waals surface area contributed by atoms with Crippen molar-refractivity contribution in [2.75, 3.05) is 0 Å². The van der Waals surface area contributed by atoms with Crippen LogP contribution in [0.3, 0.4) is 0 Å². The first kappa shape index (κ1) is 19.0. The van der Waals surface area contributed by atoms with Crippen LogP contribution in [-0.4, -0.2) is 21.0 Å². The minimum atomic E-state index is -0.0472. The Kier molecular flexibility index (Phi) is 5.22. The molecule has 0 saturated carbocycles. The lowest BCUT2D eigenvalue weighted by atomic mass is 10.0. The van der Waals surface area contributed by atoms with Gasteiger partial charge in [-0.25, -0.2) is 9.97 Å². The maximum Gasteiger partial charge on any atom is 0.261 e. The molecule has 1 aromatic carbocycles. The zero-order valence-corrected chi connectivity index (χ0v) is 17.2. The molecule has 0 atom stereocenters. The standard InChI is InChI=1S/C22H20N4O2S/c1-13-8-20(29-15(13)3)22(27)24-10-16-4-6-17(7-5-16)21-18(11-23-12-25-21)19-9-14(2)26-28-19/h4-9,11-12H,10H2,1-3H3,(H,24,27). The van der Waals surface area contributed by atoms with Gasteiger partial charge in [0.15, 0.2) is 5.76 Å². The maximum absolute atomic E-state index is 12.3. The molecule has 6 nitrogen and oxygen atoms in total. The van der Waals surface area contributed by atoms with Crippen molar-refractivity contribution in [3.8, 4) is 22.6 Å². The van der Waals surface area contributed by atoms with Crippen molar-refractivity contribution in [2.24, 2.45) is 0 Å². The molecule has 3 aromatic heterocycles. The van der Waals surface area contributed by atoms with E-state index in [-0.39, 0.29) is 5.91 Å². The number of aryl methyl sites for hydroxylation is 3. The van der Waals surface area contributed by atoms with Crippen molar-refractivity contribution in [3.63, 3.8) is 0 Å². The molecule has 1 N–H and O–H groups in total. The van der Waals surface area contributed by atoms with Gasteiger partial charge in [-0.15, -0.1) is 11.3 Å². The number of carbonyl (C=O) groups is 1. The van der Waals surface area contributed by atoms with E-state index in [0.717, 1.165) is 38.5 Å². The number of carbonyl (C=O) groups excluding carboxylic acids is 1. The fourth-order valence-electron chi connectivity index (χ4n) is 2.97. The van der Waals surface area contributed by atoms with Crippen LogP contribution in [-0.2, 0) is 6.54 Å². The molecule has 1 amide bonds. The molecule has 0 radical (unpaired) electrons. The first-order valence-corrected chi connectivity index (χ1v) is 10.0. The summed E-state index contributed by atoms with van der Waals surface area (Å²) in [5, 5.41) is 6.92. The highest BCUT2D eigenvalue weighted by atomic mass is 32.1. The van der Waals surface area contributed by atoms with E-state index in [1.807, 2.05) is 57.2 Å². The summed E-state index contributed by atoms with van der Waals surface area (Å²) in [6.45, 7) is 6.38. The van der Waals surface area contributed by atoms with Crippen molar-refractivity contribution >= 4 is 17.2 Å². The second kappa shape index (κ2) is 7.97. The third kappa shape index (κ3) is 4.09. The molecule has 0 aliphatic carbocycles. The van der Waals surface area contributed by atoms with E-state index in [1.54, 1.807) is 6.20 Å². The summed E-state index contributed by atoms with van der Waals surface area (Å²) in [7, 11) is 0. The minimum absolute atomic E-state index is 0.0472. The van der Waals surface area contributed by atoms with E-state index < -0.39 is 0 Å². The van der Waals surface area contributed by atoms with E-state index in [4.69, 9.17) is 4.52 Å². The Bertz CT molecular complexity index is 1140. The Morgan fingerprint density at radius 3 is 2.59 bits per heavy atom. The van der Waals surface area contributed by atoms with Crippen molar-refractivity contribution in [1.82, 2.24) is 20.4 Å². The Morgan fingerprint density at radius 1 is 1.14 bits per heavy atom. The first-order chi connectivity index (χ1) is 14.0. The van der Waals surface area contributed by atoms with E-state index >= 15 is 0 Å². The van der Waals surface area contributed by atoms with Gasteiger partial charge >= 0.3 is 0 Å². The zero-order chi connectivity index (χ0) is 20.4. The van der Waals surface area contributed by atoms with Crippen LogP contribution >= 0.6 is 11.3 Å². The number of aromatic nitrogens is 3. The molecular weight excluding hydrogens is 384 g/mol. The van der Waals surface area contributed by atoms with Gasteiger partial charge in [0.1, 0.15) is 6.33 Å². The molecule has 0 bridgehead atoms. The third-order valence-corrected chi connectivity index (χ3v) is 5.83. The number of nitrogens with zero attached hydrogens (tertiary/aromatic N) is 3. The van der Waals surface area contributed by atoms with Crippen LogP contribution in [0.15, 0.2) is 53.4 Å². The quantitative estimate of drug-likeness (QED) is 0.521. The largest absolute Gasteiger partial charge is 0.356 e. The molecule has 4 aromatic rings. The number of hydrogen-bond donors (Lipinski definition) is 1. The van der Waals surface area contributed by atoms with Gasteiger partial charge in [-0.2, -0.15) is 0 Å². The minimum Gasteiger partial charge on any atom is -0.356 e. The predicted octanol–water partition coefficient (Wildman–Crippen LogP) is 4.72. The maximum atomic E-state index is 12.3. The van der Waals surface area contributed by atoms with Crippen molar-refractivity contribution < 1.29 is 9.32 Å². The van der Waals surface area contributed by atoms with Gasteiger partial charge in [-0.1, -0.05) is 29.4 Å². The Hall–Kier alpha value is -3.32. The molecule has 0 fully saturated rings. The van der Waals surface area contributed by atoms with E-state index in [1.165, 1.54) is 22.5 Å². The molecule has 146 valence electrons. The summed E-state index contributed by atoms with van der Waals surface area (Å²) in [5.41, 5.74) is 5.47. The molecule has 0 saturated heterocycles. The highest BCUT2D eigenvalue weighted by Gasteiger charge is 2.14. The van der Waals surface area contributed by atoms with Crippen LogP contribution in [0, 0.1) is 20.8 Å². The second-order valence-corrected chi connectivity index (χ2v) is 8.10. The van der Waals surface area contributed by atoms with Crippen LogP contribution in [0.1, 0.15) is 31.4 Å². The molecule has 0 unspecified atom stereocenters. The number of hydrogen-bond acceptors (Lipinski definition) is 6. The molecule has 3 heterocycles. The molecular formula is C22H20N4O2S. The lowest BCUT2D eigenvalue weighted by Gasteiger charge is -2.08. The normalized spacial score (nSPS) is 10.9. The van der Waals surface area contributed by atoms with Crippen molar-refractivity contribution in [3.05, 3.63) is 75.5 Å². The van der Waals surface area contributed by atoms with Crippen LogP contribution in [0.4, 0.5) is 0 Å². The SMILES string of the molecule is Cc1cc(-c2cncnc2-c2ccc(CNC(=O)c3cc(C)c(C)s3)cc2)on1. The van der Waals surface area contributed by atoms with Gasteiger partial charge < -0.3 is 9.84 Å². The van der Waals surface area contributed by atoms with Crippen molar-refractivity contribution in [1.29, 1.82) is 0 Å². The second-order valence-electron chi connectivity index (χ2n) is 6.85. The van der Waals surface area contributed by atoms with Crippen molar-refractivity contribution in [2.45, 2.75) is 27.3 Å². The molecule has 7 heteroatoms. The summed E-state index contributed by atoms with van der Waals surface area (Å²) in [6.07, 6.45) is 3.24. The van der Waals surface area contributed by atoms with Crippen LogP contribution in [0.5, 0.6) is 0 Å². The van der Waals surface area contributed by atoms with Crippen LogP contribution in [0.25, 0.3) is 22.6 Å². The fraction of sp³-hybridized carbons (Fsp3) is 0.182. The summed E-state index contributed by atoms with van der Waals surface area (Å²) < 4.78 is 5.38. The number of benzene rings is 1. The molecule has 29 heavy (non-hydrogen) atoms. The average molecular weight is 404 g/mol. The number of rotatable bonds is 5. The monoisotopic (exact) mass is 404 g/mol. The van der Waals surface area contributed by atoms with Gasteiger partial charge in [0, 0.05) is 29.2 Å². The first-order valence-electron chi connectivity index (χ1n) is 9.19. The molecule has 4 rings (SSSR count). The zero-order valence-electron chi connectivity index (χ0n) is 16.4. The van der Waals surface area contributed by atoms with Gasteiger partial charge in [0.2, 0.25) is 0 Å². The summed E-state index contributed by atoms with van der Waals surface area (Å²) in [5.74, 6) is 0.588. The topological polar surface area (TPSA) is 80.9 Å². The number of amides is 1. The summed E-state index contributed by atoms with van der Waals surface area (Å²) in [4.78, 5) is 22.8. The summed E-state index contributed by atoms with van der Waals surface area (Å²) >= 11 is 1.52. The summed E-state index contributed by atoms with van der Waals surface area (Å²) in [6, 6.07) is 11.7. The Balaban J connectivity index is 1.49. The van der Waals surface area contributed by atoms with Gasteiger partial charge in [0.05, 0.1) is 21.8 Å². The lowest BCUT2D eigenvalue weighted by Crippen LogP contribution is -2.21. The average Bonchev–Trinajstić information content (AvgIpc) is 3.32. The van der Waals surface area contributed by atoms with E-state index in [9.17, 15) is 4.79 Å². The number of thiophene rings is 1. The van der Waals surface area contributed by atoms with Gasteiger partial charge in [0.25, 0.3) is 5.91 Å². The number of nitrogens with one attached hydrogen (secondary N) is 1. The Labute approximate surface area is 172 Å². The van der Waals surface area contributed by atoms with Crippen LogP contribution < -0.4 is 5.32 Å². The highest BCUT2D eigenvalue weighted by Crippen LogP contribution is 2.30. The smallest absolute Gasteiger partial charge is 0.261 e. The predicted molar refractivity (Wildman–Crippen MR) is 113 cm³/mol. The highest BCUT2D eigenvalue weighted by molar-refractivity contribution is 7.14. The van der Waals surface area contributed by atoms with E-state index in [0.29, 0.717) is 12.3 Å². The van der Waals surface area contributed by atoms with Gasteiger partial charge in [-0.3, -0.25) is 4.79 Å².